The van der Waals surface area contributed by atoms with E-state index in [-0.39, 0.29) is 6.42 Å². The van der Waals surface area contributed by atoms with Gasteiger partial charge in [-0.15, -0.1) is 10.2 Å². The largest absolute Gasteiger partial charge is 0.481 e. The van der Waals surface area contributed by atoms with Crippen molar-refractivity contribution in [3.63, 3.8) is 0 Å². The first-order valence-corrected chi connectivity index (χ1v) is 6.76. The van der Waals surface area contributed by atoms with Gasteiger partial charge < -0.3 is 9.67 Å². The van der Waals surface area contributed by atoms with Crippen LogP contribution in [0.5, 0.6) is 0 Å². The summed E-state index contributed by atoms with van der Waals surface area (Å²) in [5.41, 5.74) is 2.97. The van der Waals surface area contributed by atoms with Gasteiger partial charge >= 0.3 is 5.97 Å². The molecular formula is C16H14N4O2. The zero-order valence-corrected chi connectivity index (χ0v) is 12.0. The van der Waals surface area contributed by atoms with E-state index in [1.807, 2.05) is 48.1 Å². The van der Waals surface area contributed by atoms with E-state index in [9.17, 15) is 4.79 Å². The summed E-state index contributed by atoms with van der Waals surface area (Å²) in [6, 6.07) is 11.0. The highest BCUT2D eigenvalue weighted by Gasteiger charge is 2.08. The van der Waals surface area contributed by atoms with Crippen molar-refractivity contribution in [3.05, 3.63) is 54.4 Å². The second-order valence-electron chi connectivity index (χ2n) is 4.94. The average Bonchev–Trinajstić information content (AvgIpc) is 2.93. The van der Waals surface area contributed by atoms with Gasteiger partial charge in [0.15, 0.2) is 5.82 Å². The Bertz CT molecular complexity index is 809. The van der Waals surface area contributed by atoms with Crippen LogP contribution in [0.3, 0.4) is 0 Å². The molecule has 2 heterocycles. The van der Waals surface area contributed by atoms with Crippen LogP contribution < -0.4 is 0 Å². The van der Waals surface area contributed by atoms with Crippen molar-refractivity contribution in [1.82, 2.24) is 19.7 Å². The third kappa shape index (κ3) is 2.85. The lowest BCUT2D eigenvalue weighted by Crippen LogP contribution is -2.00. The number of carboxylic acids is 1. The Hall–Kier alpha value is -3.02. The van der Waals surface area contributed by atoms with Crippen molar-refractivity contribution in [2.45, 2.75) is 6.42 Å². The number of aromatic nitrogens is 4. The lowest BCUT2D eigenvalue weighted by molar-refractivity contribution is -0.136. The highest BCUT2D eigenvalue weighted by molar-refractivity contribution is 5.71. The number of nitrogens with zero attached hydrogens (tertiary/aromatic N) is 4. The van der Waals surface area contributed by atoms with Crippen LogP contribution in [0.25, 0.3) is 22.8 Å². The van der Waals surface area contributed by atoms with E-state index in [0.29, 0.717) is 11.4 Å². The Labute approximate surface area is 127 Å². The Morgan fingerprint density at radius 1 is 1.18 bits per heavy atom. The van der Waals surface area contributed by atoms with Crippen molar-refractivity contribution in [2.75, 3.05) is 0 Å². The molecule has 1 N–H and O–H groups in total. The lowest BCUT2D eigenvalue weighted by Gasteiger charge is -2.04. The summed E-state index contributed by atoms with van der Waals surface area (Å²) < 4.78 is 1.87. The molecule has 22 heavy (non-hydrogen) atoms. The molecule has 0 saturated heterocycles. The summed E-state index contributed by atoms with van der Waals surface area (Å²) >= 11 is 0. The molecule has 2 aromatic heterocycles. The fraction of sp³-hybridized carbons (Fsp3) is 0.125. The van der Waals surface area contributed by atoms with Gasteiger partial charge in [-0.25, -0.2) is 4.98 Å². The van der Waals surface area contributed by atoms with E-state index in [4.69, 9.17) is 5.11 Å². The van der Waals surface area contributed by atoms with Crippen molar-refractivity contribution >= 4 is 5.97 Å². The van der Waals surface area contributed by atoms with Crippen LogP contribution in [0.15, 0.2) is 48.8 Å². The summed E-state index contributed by atoms with van der Waals surface area (Å²) in [5.74, 6) is -0.105. The number of imidazole rings is 1. The van der Waals surface area contributed by atoms with Crippen LogP contribution in [0.1, 0.15) is 5.56 Å². The van der Waals surface area contributed by atoms with E-state index in [1.165, 1.54) is 0 Å². The first-order chi connectivity index (χ1) is 10.6. The minimum Gasteiger partial charge on any atom is -0.481 e. The van der Waals surface area contributed by atoms with E-state index < -0.39 is 5.97 Å². The molecule has 0 bridgehead atoms. The molecular weight excluding hydrogens is 280 g/mol. The Morgan fingerprint density at radius 3 is 2.59 bits per heavy atom. The maximum atomic E-state index is 10.8. The maximum absolute atomic E-state index is 10.8. The van der Waals surface area contributed by atoms with Crippen LogP contribution in [0, 0.1) is 0 Å². The molecule has 0 radical (unpaired) electrons. The standard InChI is InChI=1S/C16H14N4O2/c1-20-8-7-17-16(20)14-6-5-13(18-19-14)12-4-2-3-11(9-12)10-15(21)22/h2-9H,10H2,1H3,(H,21,22). The summed E-state index contributed by atoms with van der Waals surface area (Å²) in [5, 5.41) is 17.3. The summed E-state index contributed by atoms with van der Waals surface area (Å²) in [6.07, 6.45) is 3.55. The molecule has 0 spiro atoms. The molecule has 0 aliphatic rings. The van der Waals surface area contributed by atoms with Crippen LogP contribution >= 0.6 is 0 Å². The van der Waals surface area contributed by atoms with Crippen LogP contribution in [-0.2, 0) is 18.3 Å². The quantitative estimate of drug-likeness (QED) is 0.797. The number of carbonyl (C=O) groups is 1. The zero-order valence-electron chi connectivity index (χ0n) is 12.0. The number of aryl methyl sites for hydroxylation is 1. The molecule has 0 atom stereocenters. The molecule has 0 unspecified atom stereocenters. The number of hydrogen-bond acceptors (Lipinski definition) is 4. The summed E-state index contributed by atoms with van der Waals surface area (Å²) in [7, 11) is 1.90. The van der Waals surface area contributed by atoms with Gasteiger partial charge in [0.2, 0.25) is 0 Å². The van der Waals surface area contributed by atoms with E-state index >= 15 is 0 Å². The van der Waals surface area contributed by atoms with Gasteiger partial charge in [-0.05, 0) is 23.8 Å². The van der Waals surface area contributed by atoms with Gasteiger partial charge in [0, 0.05) is 25.0 Å². The average molecular weight is 294 g/mol. The van der Waals surface area contributed by atoms with Gasteiger partial charge in [0.1, 0.15) is 5.69 Å². The SMILES string of the molecule is Cn1ccnc1-c1ccc(-c2cccc(CC(=O)O)c2)nn1. The maximum Gasteiger partial charge on any atom is 0.307 e. The number of hydrogen-bond donors (Lipinski definition) is 1. The Kier molecular flexibility index (Phi) is 3.65. The minimum atomic E-state index is -0.853. The molecule has 6 nitrogen and oxygen atoms in total. The van der Waals surface area contributed by atoms with Crippen molar-refractivity contribution in [2.24, 2.45) is 7.05 Å². The predicted molar refractivity (Wildman–Crippen MR) is 81.0 cm³/mol. The predicted octanol–water partition coefficient (Wildman–Crippen LogP) is 2.17. The molecule has 3 rings (SSSR count). The van der Waals surface area contributed by atoms with Crippen molar-refractivity contribution in [3.8, 4) is 22.8 Å². The second-order valence-corrected chi connectivity index (χ2v) is 4.94. The van der Waals surface area contributed by atoms with Gasteiger partial charge in [0.25, 0.3) is 0 Å². The first kappa shape index (κ1) is 13.9. The summed E-state index contributed by atoms with van der Waals surface area (Å²) in [6.45, 7) is 0. The number of rotatable bonds is 4. The fourth-order valence-electron chi connectivity index (χ4n) is 2.23. The molecule has 110 valence electrons. The van der Waals surface area contributed by atoms with Gasteiger partial charge in [0.05, 0.1) is 12.1 Å². The van der Waals surface area contributed by atoms with E-state index in [0.717, 1.165) is 17.0 Å². The van der Waals surface area contributed by atoms with Gasteiger partial charge in [-0.3, -0.25) is 4.79 Å². The number of aliphatic carboxylic acids is 1. The van der Waals surface area contributed by atoms with Crippen LogP contribution in [0.2, 0.25) is 0 Å². The van der Waals surface area contributed by atoms with E-state index in [2.05, 4.69) is 15.2 Å². The lowest BCUT2D eigenvalue weighted by atomic mass is 10.1. The molecule has 0 amide bonds. The third-order valence-electron chi connectivity index (χ3n) is 3.29. The molecule has 0 aliphatic carbocycles. The number of carboxylic acid groups (broad SMARTS) is 1. The molecule has 6 heteroatoms. The Balaban J connectivity index is 1.90. The van der Waals surface area contributed by atoms with Crippen molar-refractivity contribution in [1.29, 1.82) is 0 Å². The smallest absolute Gasteiger partial charge is 0.307 e. The highest BCUT2D eigenvalue weighted by Crippen LogP contribution is 2.20. The van der Waals surface area contributed by atoms with Crippen molar-refractivity contribution < 1.29 is 9.90 Å². The molecule has 1 aromatic carbocycles. The van der Waals surface area contributed by atoms with Gasteiger partial charge in [-0.2, -0.15) is 0 Å². The molecule has 0 fully saturated rings. The highest BCUT2D eigenvalue weighted by atomic mass is 16.4. The normalized spacial score (nSPS) is 10.6. The van der Waals surface area contributed by atoms with Crippen LogP contribution in [-0.4, -0.2) is 30.8 Å². The molecule has 0 saturated carbocycles. The fourth-order valence-corrected chi connectivity index (χ4v) is 2.23. The zero-order chi connectivity index (χ0) is 15.5. The monoisotopic (exact) mass is 294 g/mol. The Morgan fingerprint density at radius 2 is 1.95 bits per heavy atom. The summed E-state index contributed by atoms with van der Waals surface area (Å²) in [4.78, 5) is 15.0. The van der Waals surface area contributed by atoms with Gasteiger partial charge in [-0.1, -0.05) is 18.2 Å². The first-order valence-electron chi connectivity index (χ1n) is 6.76. The number of benzene rings is 1. The van der Waals surface area contributed by atoms with Crippen LogP contribution in [0.4, 0.5) is 0 Å². The van der Waals surface area contributed by atoms with E-state index in [1.54, 1.807) is 12.3 Å². The third-order valence-corrected chi connectivity index (χ3v) is 3.29. The topological polar surface area (TPSA) is 80.9 Å². The molecule has 3 aromatic rings. The molecule has 0 aliphatic heterocycles. The second kappa shape index (κ2) is 5.77. The minimum absolute atomic E-state index is 0.00732.